The molecule has 0 bridgehead atoms. The molecule has 1 N–H and O–H groups in total. The largest absolute Gasteiger partial charge is 2.00 e. The molecule has 4 atom stereocenters. The van der Waals surface area contributed by atoms with Crippen molar-refractivity contribution in [3.8, 4) is 0 Å². The first-order chi connectivity index (χ1) is 13.0. The number of aliphatic hydroxyl groups is 1. The Hall–Kier alpha value is -0.501. The summed E-state index contributed by atoms with van der Waals surface area (Å²) < 4.78 is 18.7. The second kappa shape index (κ2) is 9.54. The zero-order chi connectivity index (χ0) is 18.9. The van der Waals surface area contributed by atoms with Crippen LogP contribution in [0, 0.1) is 63.7 Å². The number of hydrogen-bond donors (Lipinski definition) is 1. The van der Waals surface area contributed by atoms with Gasteiger partial charge in [-0.15, -0.1) is 5.10 Å². The molecule has 3 heterocycles. The van der Waals surface area contributed by atoms with E-state index in [-0.39, 0.29) is 17.1 Å². The molecule has 2 aliphatic carbocycles. The van der Waals surface area contributed by atoms with Gasteiger partial charge in [-0.2, -0.15) is 0 Å². The van der Waals surface area contributed by atoms with E-state index in [4.69, 9.17) is 14.2 Å². The van der Waals surface area contributed by atoms with Gasteiger partial charge in [0.2, 0.25) is 0 Å². The number of rotatable bonds is 3. The first-order valence-electron chi connectivity index (χ1n) is 9.00. The second-order valence-electron chi connectivity index (χ2n) is 7.10. The molecule has 1 aromatic heterocycles. The normalized spacial score (nSPS) is 34.0. The van der Waals surface area contributed by atoms with Crippen LogP contribution in [0.1, 0.15) is 19.5 Å². The molecule has 0 spiro atoms. The Bertz CT molecular complexity index is 609. The Labute approximate surface area is 178 Å². The summed E-state index contributed by atoms with van der Waals surface area (Å²) in [5.74, 6) is 0.295. The number of nitrogens with zero attached hydrogens (tertiary/aromatic N) is 3. The summed E-state index contributed by atoms with van der Waals surface area (Å²) in [7, 11) is 0. The van der Waals surface area contributed by atoms with E-state index in [0.29, 0.717) is 6.54 Å². The monoisotopic (exact) mass is 425 g/mol. The van der Waals surface area contributed by atoms with Crippen LogP contribution in [0.4, 0.5) is 0 Å². The fourth-order valence-electron chi connectivity index (χ4n) is 3.28. The fraction of sp³-hybridized carbons (Fsp3) is 0.400. The van der Waals surface area contributed by atoms with E-state index < -0.39 is 30.4 Å². The predicted octanol–water partition coefficient (Wildman–Crippen LogP) is 1.29. The van der Waals surface area contributed by atoms with Crippen LogP contribution in [0.25, 0.3) is 0 Å². The van der Waals surface area contributed by atoms with Crippen molar-refractivity contribution < 1.29 is 36.4 Å². The zero-order valence-corrected chi connectivity index (χ0v) is 16.8. The van der Waals surface area contributed by atoms with Crippen molar-refractivity contribution in [1.82, 2.24) is 15.0 Å². The molecule has 8 heteroatoms. The predicted molar refractivity (Wildman–Crippen MR) is 95.8 cm³/mol. The molecule has 5 rings (SSSR count). The molecule has 4 fully saturated rings. The van der Waals surface area contributed by atoms with Gasteiger partial charge in [-0.05, 0) is 71.6 Å². The van der Waals surface area contributed by atoms with Gasteiger partial charge in [0.15, 0.2) is 12.1 Å². The van der Waals surface area contributed by atoms with E-state index >= 15 is 0 Å². The zero-order valence-electron chi connectivity index (χ0n) is 15.7. The molecule has 2 saturated heterocycles. The average molecular weight is 425 g/mol. The van der Waals surface area contributed by atoms with Gasteiger partial charge < -0.3 is 19.3 Å². The molecule has 0 unspecified atom stereocenters. The Balaban J connectivity index is 0.000000329. The van der Waals surface area contributed by atoms with E-state index in [2.05, 4.69) is 10.3 Å². The Morgan fingerprint density at radius 3 is 2.29 bits per heavy atom. The Kier molecular flexibility index (Phi) is 7.56. The van der Waals surface area contributed by atoms with Crippen molar-refractivity contribution >= 4 is 0 Å². The van der Waals surface area contributed by atoms with Crippen molar-refractivity contribution in [1.29, 1.82) is 0 Å². The molecule has 10 radical (unpaired) electrons. The van der Waals surface area contributed by atoms with Crippen molar-refractivity contribution in [3.05, 3.63) is 75.6 Å². The van der Waals surface area contributed by atoms with Gasteiger partial charge in [-0.1, -0.05) is 5.21 Å². The van der Waals surface area contributed by atoms with Gasteiger partial charge in [0.1, 0.15) is 18.3 Å². The molecule has 2 aliphatic heterocycles. The molecule has 1 aromatic rings. The standard InChI is InChI=1S/C15H18N3O4.C5H5.Fe/c1-15(2)21-13-12(19)11(20-14(13)22-15)8-18-7-10(16-17-18)9-5-3-4-6-9;1-2-4-5-3-1;/h3-7,11-14,19H,8H2,1-2H3;1-5H;/q;;+2/t11-,12+,13-,14-;;/m1../s1. The van der Waals surface area contributed by atoms with Crippen molar-refractivity contribution in [3.63, 3.8) is 0 Å². The second-order valence-corrected chi connectivity index (χ2v) is 7.10. The molecule has 2 saturated carbocycles. The summed E-state index contributed by atoms with van der Waals surface area (Å²) in [5, 5.41) is 18.6. The van der Waals surface area contributed by atoms with E-state index in [0.717, 1.165) is 11.6 Å². The first-order valence-corrected chi connectivity index (χ1v) is 9.00. The molecule has 28 heavy (non-hydrogen) atoms. The minimum Gasteiger partial charge on any atom is -0.387 e. The molecular formula is C20H23FeN3O4+2. The van der Waals surface area contributed by atoms with Gasteiger partial charge in [-0.25, -0.2) is 4.68 Å². The maximum atomic E-state index is 10.4. The molecule has 0 amide bonds. The van der Waals surface area contributed by atoms with Crippen molar-refractivity contribution in [2.75, 3.05) is 0 Å². The van der Waals surface area contributed by atoms with E-state index in [1.165, 1.54) is 0 Å². The van der Waals surface area contributed by atoms with Crippen LogP contribution < -0.4 is 0 Å². The van der Waals surface area contributed by atoms with Crippen LogP contribution in [0.2, 0.25) is 0 Å². The first kappa shape index (κ1) is 22.2. The molecule has 7 nitrogen and oxygen atoms in total. The van der Waals surface area contributed by atoms with Crippen molar-refractivity contribution in [2.45, 2.75) is 50.8 Å². The SMILES string of the molecule is CC1(C)O[C@H]2O[C@H](Cn3cc([C]4[CH][CH][CH][CH]4)nn3)[C@H](O)[C@H]2O1.[CH]1[CH][CH][CH][CH]1.[Fe+2]. The van der Waals surface area contributed by atoms with Gasteiger partial charge in [0.05, 0.1) is 12.2 Å². The van der Waals surface area contributed by atoms with Crippen LogP contribution in [0.5, 0.6) is 0 Å². The third-order valence-electron chi connectivity index (χ3n) is 4.53. The van der Waals surface area contributed by atoms with Gasteiger partial charge >= 0.3 is 17.1 Å². The minimum atomic E-state index is -0.752. The molecule has 0 aromatic carbocycles. The molecule has 4 aliphatic rings. The quantitative estimate of drug-likeness (QED) is 0.736. The number of aromatic nitrogens is 3. The average Bonchev–Trinajstić information content (AvgIpc) is 3.41. The Morgan fingerprint density at radius 1 is 1.04 bits per heavy atom. The summed E-state index contributed by atoms with van der Waals surface area (Å²) in [6.07, 6.45) is 17.5. The summed E-state index contributed by atoms with van der Waals surface area (Å²) in [6.45, 7) is 4.01. The summed E-state index contributed by atoms with van der Waals surface area (Å²) in [5.41, 5.74) is 0.798. The van der Waals surface area contributed by atoms with E-state index in [1.807, 2.05) is 64.0 Å². The van der Waals surface area contributed by atoms with E-state index in [1.54, 1.807) is 18.5 Å². The van der Waals surface area contributed by atoms with Gasteiger partial charge in [0.25, 0.3) is 0 Å². The molecule has 148 valence electrons. The third kappa shape index (κ3) is 5.15. The van der Waals surface area contributed by atoms with Gasteiger partial charge in [-0.3, -0.25) is 0 Å². The van der Waals surface area contributed by atoms with Crippen LogP contribution in [0.15, 0.2) is 6.20 Å². The maximum Gasteiger partial charge on any atom is 2.00 e. The number of ether oxygens (including phenoxy) is 3. The maximum absolute atomic E-state index is 10.4. The minimum absolute atomic E-state index is 0. The van der Waals surface area contributed by atoms with Gasteiger partial charge in [0, 0.05) is 12.1 Å². The smallest absolute Gasteiger partial charge is 0.387 e. The van der Waals surface area contributed by atoms with Crippen LogP contribution in [-0.4, -0.2) is 50.5 Å². The van der Waals surface area contributed by atoms with Crippen LogP contribution >= 0.6 is 0 Å². The van der Waals surface area contributed by atoms with Crippen LogP contribution in [0.3, 0.4) is 0 Å². The number of fused-ring (bicyclic) bond motifs is 1. The topological polar surface area (TPSA) is 78.6 Å². The number of hydrogen-bond acceptors (Lipinski definition) is 6. The third-order valence-corrected chi connectivity index (χ3v) is 4.53. The molecular weight excluding hydrogens is 402 g/mol. The summed E-state index contributed by atoms with van der Waals surface area (Å²) in [4.78, 5) is 0. The van der Waals surface area contributed by atoms with E-state index in [9.17, 15) is 5.11 Å². The number of aliphatic hydroxyl groups excluding tert-OH is 1. The van der Waals surface area contributed by atoms with Crippen LogP contribution in [-0.2, 0) is 37.8 Å². The summed E-state index contributed by atoms with van der Waals surface area (Å²) >= 11 is 0. The van der Waals surface area contributed by atoms with Crippen molar-refractivity contribution in [2.24, 2.45) is 0 Å². The summed E-state index contributed by atoms with van der Waals surface area (Å²) in [6, 6.07) is 0. The fourth-order valence-corrected chi connectivity index (χ4v) is 3.28. The Morgan fingerprint density at radius 2 is 1.68 bits per heavy atom.